The highest BCUT2D eigenvalue weighted by molar-refractivity contribution is 9.10. The fraction of sp³-hybridized carbons (Fsp3) is 0.545. The predicted molar refractivity (Wildman–Crippen MR) is 77.8 cm³/mol. The summed E-state index contributed by atoms with van der Waals surface area (Å²) in [6.07, 6.45) is 4.93. The SMILES string of the molecule is NCC1CCCN(S(=O)(=O)Nc2ccncc2Br)C1. The van der Waals surface area contributed by atoms with Crippen LogP contribution in [0.2, 0.25) is 0 Å². The molecule has 2 heterocycles. The van der Waals surface area contributed by atoms with Crippen LogP contribution in [0.25, 0.3) is 0 Å². The molecule has 19 heavy (non-hydrogen) atoms. The molecule has 0 amide bonds. The number of hydrogen-bond donors (Lipinski definition) is 2. The van der Waals surface area contributed by atoms with E-state index in [9.17, 15) is 8.42 Å². The highest BCUT2D eigenvalue weighted by atomic mass is 79.9. The van der Waals surface area contributed by atoms with Crippen molar-refractivity contribution in [1.29, 1.82) is 0 Å². The number of halogens is 1. The molecule has 106 valence electrons. The molecule has 1 atom stereocenters. The van der Waals surface area contributed by atoms with Crippen molar-refractivity contribution in [2.24, 2.45) is 11.7 Å². The molecule has 1 aromatic rings. The first kappa shape index (κ1) is 14.7. The Morgan fingerprint density at radius 2 is 2.37 bits per heavy atom. The van der Waals surface area contributed by atoms with Gasteiger partial charge in [-0.15, -0.1) is 0 Å². The Kier molecular flexibility index (Phi) is 4.77. The zero-order valence-electron chi connectivity index (χ0n) is 10.4. The van der Waals surface area contributed by atoms with E-state index in [0.29, 0.717) is 29.8 Å². The minimum absolute atomic E-state index is 0.242. The number of nitrogens with two attached hydrogens (primary N) is 1. The van der Waals surface area contributed by atoms with Gasteiger partial charge in [0.15, 0.2) is 0 Å². The summed E-state index contributed by atoms with van der Waals surface area (Å²) in [5.74, 6) is 0.242. The summed E-state index contributed by atoms with van der Waals surface area (Å²) in [6.45, 7) is 1.54. The Morgan fingerprint density at radius 3 is 3.05 bits per heavy atom. The molecule has 3 N–H and O–H groups in total. The number of anilines is 1. The van der Waals surface area contributed by atoms with E-state index < -0.39 is 10.2 Å². The molecular weight excluding hydrogens is 332 g/mol. The maximum atomic E-state index is 12.3. The largest absolute Gasteiger partial charge is 0.330 e. The van der Waals surface area contributed by atoms with E-state index in [1.165, 1.54) is 4.31 Å². The van der Waals surface area contributed by atoms with Crippen molar-refractivity contribution in [3.8, 4) is 0 Å². The Bertz CT molecular complexity index is 537. The standard InChI is InChI=1S/C11H17BrN4O2S/c12-10-7-14-4-3-11(10)15-19(17,18)16-5-1-2-9(6-13)8-16/h3-4,7,9H,1-2,5-6,8,13H2,(H,14,15). The Labute approximate surface area is 121 Å². The number of nitrogens with zero attached hydrogens (tertiary/aromatic N) is 2. The van der Waals surface area contributed by atoms with E-state index in [4.69, 9.17) is 5.73 Å². The Balaban J connectivity index is 2.12. The average molecular weight is 349 g/mol. The van der Waals surface area contributed by atoms with Crippen LogP contribution in [-0.2, 0) is 10.2 Å². The first-order valence-electron chi connectivity index (χ1n) is 6.10. The molecule has 0 aromatic carbocycles. The van der Waals surface area contributed by atoms with Gasteiger partial charge < -0.3 is 5.73 Å². The number of piperidine rings is 1. The van der Waals surface area contributed by atoms with Gasteiger partial charge in [-0.05, 0) is 47.3 Å². The van der Waals surface area contributed by atoms with Crippen LogP contribution in [-0.4, -0.2) is 37.3 Å². The second kappa shape index (κ2) is 6.17. The number of hydrogen-bond acceptors (Lipinski definition) is 4. The van der Waals surface area contributed by atoms with Gasteiger partial charge in [0, 0.05) is 25.5 Å². The third-order valence-corrected chi connectivity index (χ3v) is 5.29. The number of aromatic nitrogens is 1. The fourth-order valence-corrected chi connectivity index (χ4v) is 3.94. The highest BCUT2D eigenvalue weighted by Crippen LogP contribution is 2.24. The minimum atomic E-state index is -3.53. The van der Waals surface area contributed by atoms with Crippen LogP contribution >= 0.6 is 15.9 Å². The molecule has 1 aromatic heterocycles. The lowest BCUT2D eigenvalue weighted by atomic mass is 10.0. The summed E-state index contributed by atoms with van der Waals surface area (Å²) in [7, 11) is -3.53. The number of rotatable bonds is 4. The molecule has 0 radical (unpaired) electrons. The second-order valence-corrected chi connectivity index (χ2v) is 7.09. The lowest BCUT2D eigenvalue weighted by Crippen LogP contribution is -2.44. The maximum Gasteiger partial charge on any atom is 0.301 e. The zero-order valence-corrected chi connectivity index (χ0v) is 12.8. The topological polar surface area (TPSA) is 88.3 Å². The lowest BCUT2D eigenvalue weighted by Gasteiger charge is -2.31. The Hall–Kier alpha value is -0.700. The first-order chi connectivity index (χ1) is 9.03. The molecule has 0 saturated carbocycles. The second-order valence-electron chi connectivity index (χ2n) is 4.56. The molecule has 1 unspecified atom stereocenters. The van der Waals surface area contributed by atoms with Crippen LogP contribution in [0.3, 0.4) is 0 Å². The first-order valence-corrected chi connectivity index (χ1v) is 8.33. The minimum Gasteiger partial charge on any atom is -0.330 e. The van der Waals surface area contributed by atoms with E-state index in [-0.39, 0.29) is 5.92 Å². The molecule has 0 bridgehead atoms. The number of nitrogens with one attached hydrogen (secondary N) is 1. The summed E-state index contributed by atoms with van der Waals surface area (Å²) in [6, 6.07) is 1.62. The number of pyridine rings is 1. The zero-order chi connectivity index (χ0) is 13.9. The van der Waals surface area contributed by atoms with Gasteiger partial charge in [-0.25, -0.2) is 0 Å². The summed E-state index contributed by atoms with van der Waals surface area (Å²) in [5, 5.41) is 0. The molecule has 0 aliphatic carbocycles. The molecule has 0 spiro atoms. The van der Waals surface area contributed by atoms with Crippen LogP contribution in [0, 0.1) is 5.92 Å². The normalized spacial score (nSPS) is 21.3. The summed E-state index contributed by atoms with van der Waals surface area (Å²) in [5.41, 5.74) is 6.12. The molecular formula is C11H17BrN4O2S. The third-order valence-electron chi connectivity index (χ3n) is 3.17. The molecule has 1 fully saturated rings. The smallest absolute Gasteiger partial charge is 0.301 e. The molecule has 1 aliphatic rings. The van der Waals surface area contributed by atoms with Crippen molar-refractivity contribution in [3.63, 3.8) is 0 Å². The van der Waals surface area contributed by atoms with Crippen molar-refractivity contribution in [2.45, 2.75) is 12.8 Å². The van der Waals surface area contributed by atoms with E-state index in [1.54, 1.807) is 18.5 Å². The quantitative estimate of drug-likeness (QED) is 0.854. The summed E-state index contributed by atoms with van der Waals surface area (Å²) in [4.78, 5) is 3.90. The van der Waals surface area contributed by atoms with Crippen molar-refractivity contribution in [2.75, 3.05) is 24.4 Å². The van der Waals surface area contributed by atoms with Gasteiger partial charge >= 0.3 is 10.2 Å². The van der Waals surface area contributed by atoms with Gasteiger partial charge in [0.05, 0.1) is 10.2 Å². The van der Waals surface area contributed by atoms with Gasteiger partial charge in [0.1, 0.15) is 0 Å². The van der Waals surface area contributed by atoms with Crippen LogP contribution in [0.1, 0.15) is 12.8 Å². The lowest BCUT2D eigenvalue weighted by molar-refractivity contribution is 0.273. The van der Waals surface area contributed by atoms with Gasteiger partial charge in [-0.2, -0.15) is 12.7 Å². The molecule has 6 nitrogen and oxygen atoms in total. The van der Waals surface area contributed by atoms with Gasteiger partial charge in [0.2, 0.25) is 0 Å². The van der Waals surface area contributed by atoms with Crippen LogP contribution < -0.4 is 10.5 Å². The average Bonchev–Trinajstić information content (AvgIpc) is 2.41. The summed E-state index contributed by atoms with van der Waals surface area (Å²) < 4.78 is 29.3. The van der Waals surface area contributed by atoms with Gasteiger partial charge in [0.25, 0.3) is 0 Å². The van der Waals surface area contributed by atoms with E-state index in [1.807, 2.05) is 0 Å². The molecule has 8 heteroatoms. The van der Waals surface area contributed by atoms with Crippen molar-refractivity contribution >= 4 is 31.8 Å². The van der Waals surface area contributed by atoms with Crippen molar-refractivity contribution in [3.05, 3.63) is 22.9 Å². The van der Waals surface area contributed by atoms with E-state index >= 15 is 0 Å². The van der Waals surface area contributed by atoms with Crippen LogP contribution in [0.4, 0.5) is 5.69 Å². The molecule has 1 aliphatic heterocycles. The maximum absolute atomic E-state index is 12.3. The van der Waals surface area contributed by atoms with Crippen LogP contribution in [0.5, 0.6) is 0 Å². The monoisotopic (exact) mass is 348 g/mol. The van der Waals surface area contributed by atoms with Gasteiger partial charge in [-0.1, -0.05) is 0 Å². The van der Waals surface area contributed by atoms with Gasteiger partial charge in [-0.3, -0.25) is 9.71 Å². The molecule has 2 rings (SSSR count). The summed E-state index contributed by atoms with van der Waals surface area (Å²) >= 11 is 3.27. The van der Waals surface area contributed by atoms with Crippen molar-refractivity contribution in [1.82, 2.24) is 9.29 Å². The van der Waals surface area contributed by atoms with Crippen LogP contribution in [0.15, 0.2) is 22.9 Å². The van der Waals surface area contributed by atoms with E-state index in [2.05, 4.69) is 25.6 Å². The highest BCUT2D eigenvalue weighted by Gasteiger charge is 2.28. The third kappa shape index (κ3) is 3.65. The molecule has 1 saturated heterocycles. The van der Waals surface area contributed by atoms with Crippen molar-refractivity contribution < 1.29 is 8.42 Å². The van der Waals surface area contributed by atoms with E-state index in [0.717, 1.165) is 12.8 Å². The fourth-order valence-electron chi connectivity index (χ4n) is 2.10. The predicted octanol–water partition coefficient (Wildman–Crippen LogP) is 1.17. The Morgan fingerprint density at radius 1 is 1.58 bits per heavy atom.